The fourth-order valence-corrected chi connectivity index (χ4v) is 3.79. The third-order valence-electron chi connectivity index (χ3n) is 5.60. The zero-order valence-electron chi connectivity index (χ0n) is 18.2. The largest absolute Gasteiger partial charge is 0.493 e. The van der Waals surface area contributed by atoms with E-state index in [1.54, 1.807) is 36.2 Å². The van der Waals surface area contributed by atoms with Gasteiger partial charge in [0.05, 0.1) is 26.3 Å². The van der Waals surface area contributed by atoms with Crippen LogP contribution in [0, 0.1) is 0 Å². The standard InChI is InChI=1S/C24H26N4O4/c1-31-21-9-8-17(14-22(21)32-2)15-23(29)27-10-12-28(13-11-27)24(30)20-16-19(25-26-20)18-6-4-3-5-7-18/h3-9,14,16H,10-13,15H2,1-2H3,(H,25,26). The maximum Gasteiger partial charge on any atom is 0.272 e. The fraction of sp³-hybridized carbons (Fsp3) is 0.292. The van der Waals surface area contributed by atoms with E-state index in [0.717, 1.165) is 16.8 Å². The second kappa shape index (κ2) is 9.55. The summed E-state index contributed by atoms with van der Waals surface area (Å²) in [6, 6.07) is 17.0. The summed E-state index contributed by atoms with van der Waals surface area (Å²) in [4.78, 5) is 29.2. The number of benzene rings is 2. The maximum absolute atomic E-state index is 12.9. The first kappa shape index (κ1) is 21.4. The lowest BCUT2D eigenvalue weighted by Crippen LogP contribution is -2.51. The smallest absolute Gasteiger partial charge is 0.272 e. The van der Waals surface area contributed by atoms with Crippen LogP contribution < -0.4 is 9.47 Å². The highest BCUT2D eigenvalue weighted by molar-refractivity contribution is 5.93. The average molecular weight is 434 g/mol. The summed E-state index contributed by atoms with van der Waals surface area (Å²) in [7, 11) is 3.15. The molecule has 8 heteroatoms. The number of hydrogen-bond donors (Lipinski definition) is 1. The molecule has 0 saturated carbocycles. The lowest BCUT2D eigenvalue weighted by molar-refractivity contribution is -0.131. The van der Waals surface area contributed by atoms with Gasteiger partial charge in [-0.25, -0.2) is 0 Å². The van der Waals surface area contributed by atoms with Gasteiger partial charge in [-0.2, -0.15) is 5.10 Å². The summed E-state index contributed by atoms with van der Waals surface area (Å²) in [5.41, 5.74) is 3.00. The summed E-state index contributed by atoms with van der Waals surface area (Å²) in [6.45, 7) is 1.96. The number of methoxy groups -OCH3 is 2. The van der Waals surface area contributed by atoms with E-state index in [2.05, 4.69) is 10.2 Å². The molecule has 3 aromatic rings. The van der Waals surface area contributed by atoms with Gasteiger partial charge < -0.3 is 19.3 Å². The number of ether oxygens (including phenoxy) is 2. The maximum atomic E-state index is 12.9. The topological polar surface area (TPSA) is 87.8 Å². The Labute approximate surface area is 186 Å². The summed E-state index contributed by atoms with van der Waals surface area (Å²) >= 11 is 0. The average Bonchev–Trinajstić information content (AvgIpc) is 3.34. The van der Waals surface area contributed by atoms with Crippen molar-refractivity contribution < 1.29 is 19.1 Å². The van der Waals surface area contributed by atoms with Crippen LogP contribution >= 0.6 is 0 Å². The highest BCUT2D eigenvalue weighted by Crippen LogP contribution is 2.28. The van der Waals surface area contributed by atoms with Crippen LogP contribution in [0.2, 0.25) is 0 Å². The zero-order chi connectivity index (χ0) is 22.5. The molecule has 0 spiro atoms. The molecule has 8 nitrogen and oxygen atoms in total. The van der Waals surface area contributed by atoms with Crippen LogP contribution in [-0.2, 0) is 11.2 Å². The lowest BCUT2D eigenvalue weighted by atomic mass is 10.1. The minimum Gasteiger partial charge on any atom is -0.493 e. The number of carbonyl (C=O) groups is 2. The molecule has 0 atom stereocenters. The van der Waals surface area contributed by atoms with Crippen molar-refractivity contribution in [2.45, 2.75) is 6.42 Å². The Morgan fingerprint density at radius 1 is 0.906 bits per heavy atom. The molecule has 166 valence electrons. The molecule has 0 bridgehead atoms. The van der Waals surface area contributed by atoms with Crippen molar-refractivity contribution in [1.29, 1.82) is 0 Å². The lowest BCUT2D eigenvalue weighted by Gasteiger charge is -2.34. The number of hydrogen-bond acceptors (Lipinski definition) is 5. The molecule has 4 rings (SSSR count). The summed E-state index contributed by atoms with van der Waals surface area (Å²) in [5, 5.41) is 7.11. The third-order valence-corrected chi connectivity index (χ3v) is 5.60. The number of carbonyl (C=O) groups excluding carboxylic acids is 2. The van der Waals surface area contributed by atoms with E-state index in [1.165, 1.54) is 0 Å². The Kier molecular flexibility index (Phi) is 6.39. The third kappa shape index (κ3) is 4.59. The van der Waals surface area contributed by atoms with Gasteiger partial charge in [-0.05, 0) is 23.8 Å². The minimum atomic E-state index is -0.105. The van der Waals surface area contributed by atoms with Crippen LogP contribution in [0.5, 0.6) is 11.5 Å². The molecule has 1 aromatic heterocycles. The van der Waals surface area contributed by atoms with Crippen molar-refractivity contribution in [1.82, 2.24) is 20.0 Å². The van der Waals surface area contributed by atoms with E-state index in [1.807, 2.05) is 42.5 Å². The van der Waals surface area contributed by atoms with Crippen LogP contribution in [0.4, 0.5) is 0 Å². The van der Waals surface area contributed by atoms with Crippen molar-refractivity contribution in [3.05, 3.63) is 65.9 Å². The van der Waals surface area contributed by atoms with Crippen molar-refractivity contribution in [3.63, 3.8) is 0 Å². The monoisotopic (exact) mass is 434 g/mol. The van der Waals surface area contributed by atoms with Crippen molar-refractivity contribution in [3.8, 4) is 22.8 Å². The van der Waals surface area contributed by atoms with Crippen LogP contribution in [0.3, 0.4) is 0 Å². The Morgan fingerprint density at radius 2 is 1.59 bits per heavy atom. The van der Waals surface area contributed by atoms with E-state index < -0.39 is 0 Å². The van der Waals surface area contributed by atoms with Gasteiger partial charge in [0.15, 0.2) is 11.5 Å². The van der Waals surface area contributed by atoms with Crippen LogP contribution in [0.1, 0.15) is 16.1 Å². The molecule has 1 fully saturated rings. The zero-order valence-corrected chi connectivity index (χ0v) is 18.2. The van der Waals surface area contributed by atoms with Gasteiger partial charge >= 0.3 is 0 Å². The van der Waals surface area contributed by atoms with E-state index in [-0.39, 0.29) is 18.2 Å². The number of nitrogens with one attached hydrogen (secondary N) is 1. The Balaban J connectivity index is 1.33. The van der Waals surface area contributed by atoms with Crippen molar-refractivity contribution >= 4 is 11.8 Å². The van der Waals surface area contributed by atoms with E-state index in [9.17, 15) is 9.59 Å². The Morgan fingerprint density at radius 3 is 2.28 bits per heavy atom. The predicted molar refractivity (Wildman–Crippen MR) is 120 cm³/mol. The summed E-state index contributed by atoms with van der Waals surface area (Å²) in [6.07, 6.45) is 0.273. The van der Waals surface area contributed by atoms with Crippen molar-refractivity contribution in [2.75, 3.05) is 40.4 Å². The number of H-pyrrole nitrogens is 1. The SMILES string of the molecule is COc1ccc(CC(=O)N2CCN(C(=O)c3cc(-c4ccccc4)n[nH]3)CC2)cc1OC. The summed E-state index contributed by atoms with van der Waals surface area (Å²) < 4.78 is 10.6. The first-order valence-corrected chi connectivity index (χ1v) is 10.5. The Hall–Kier alpha value is -3.81. The highest BCUT2D eigenvalue weighted by Gasteiger charge is 2.26. The molecular formula is C24H26N4O4. The van der Waals surface area contributed by atoms with Crippen molar-refractivity contribution in [2.24, 2.45) is 0 Å². The van der Waals surface area contributed by atoms with Crippen LogP contribution in [0.15, 0.2) is 54.6 Å². The molecule has 1 N–H and O–H groups in total. The molecule has 1 saturated heterocycles. The van der Waals surface area contributed by atoms with E-state index in [0.29, 0.717) is 43.4 Å². The van der Waals surface area contributed by atoms with Gasteiger partial charge in [-0.3, -0.25) is 14.7 Å². The van der Waals surface area contributed by atoms with Gasteiger partial charge in [-0.1, -0.05) is 36.4 Å². The molecule has 0 aliphatic carbocycles. The molecular weight excluding hydrogens is 408 g/mol. The summed E-state index contributed by atoms with van der Waals surface area (Å²) in [5.74, 6) is 1.15. The molecule has 2 aromatic carbocycles. The second-order valence-corrected chi connectivity index (χ2v) is 7.57. The van der Waals surface area contributed by atoms with Gasteiger partial charge in [0.1, 0.15) is 5.69 Å². The Bertz CT molecular complexity index is 1090. The quantitative estimate of drug-likeness (QED) is 0.644. The number of amides is 2. The van der Waals surface area contributed by atoms with Gasteiger partial charge in [0.25, 0.3) is 5.91 Å². The minimum absolute atomic E-state index is 0.0252. The second-order valence-electron chi connectivity index (χ2n) is 7.57. The molecule has 0 unspecified atom stereocenters. The fourth-order valence-electron chi connectivity index (χ4n) is 3.79. The molecule has 2 amide bonds. The van der Waals surface area contributed by atoms with Gasteiger partial charge in [0.2, 0.25) is 5.91 Å². The molecule has 1 aliphatic rings. The number of aromatic amines is 1. The molecule has 32 heavy (non-hydrogen) atoms. The van der Waals surface area contributed by atoms with Gasteiger partial charge in [0, 0.05) is 31.7 Å². The first-order chi connectivity index (χ1) is 15.6. The predicted octanol–water partition coefficient (Wildman–Crippen LogP) is 2.62. The first-order valence-electron chi connectivity index (χ1n) is 10.5. The normalized spacial score (nSPS) is 13.7. The highest BCUT2D eigenvalue weighted by atomic mass is 16.5. The van der Waals surface area contributed by atoms with E-state index >= 15 is 0 Å². The number of nitrogens with zero attached hydrogens (tertiary/aromatic N) is 3. The number of aromatic nitrogens is 2. The van der Waals surface area contributed by atoms with E-state index in [4.69, 9.17) is 9.47 Å². The number of rotatable bonds is 6. The number of piperazine rings is 1. The van der Waals surface area contributed by atoms with Gasteiger partial charge in [-0.15, -0.1) is 0 Å². The molecule has 2 heterocycles. The van der Waals surface area contributed by atoms with Crippen LogP contribution in [-0.4, -0.2) is 72.2 Å². The molecule has 1 aliphatic heterocycles. The molecule has 0 radical (unpaired) electrons. The van der Waals surface area contributed by atoms with Crippen LogP contribution in [0.25, 0.3) is 11.3 Å².